The van der Waals surface area contributed by atoms with E-state index in [1.54, 1.807) is 18.2 Å². The number of oxazole rings is 1. The number of amides is 1. The Morgan fingerprint density at radius 1 is 1.39 bits per heavy atom. The molecule has 0 aliphatic carbocycles. The standard InChI is InChI=1S/C17H21FN2O3/c1-2-22-11-5-10-19-16(21)8-9-17-20-12-15(23-17)13-6-3-4-7-14(13)18/h3-4,6-7,12H,2,5,8-11H2,1H3,(H,19,21). The van der Waals surface area contributed by atoms with Gasteiger partial charge < -0.3 is 14.5 Å². The molecule has 1 heterocycles. The quantitative estimate of drug-likeness (QED) is 0.722. The minimum Gasteiger partial charge on any atom is -0.441 e. The van der Waals surface area contributed by atoms with E-state index in [-0.39, 0.29) is 18.1 Å². The highest BCUT2D eigenvalue weighted by Crippen LogP contribution is 2.23. The Balaban J connectivity index is 1.77. The van der Waals surface area contributed by atoms with Crippen LogP contribution in [0.25, 0.3) is 11.3 Å². The summed E-state index contributed by atoms with van der Waals surface area (Å²) in [6.07, 6.45) is 2.93. The third-order valence-electron chi connectivity index (χ3n) is 3.25. The van der Waals surface area contributed by atoms with Crippen molar-refractivity contribution in [2.75, 3.05) is 19.8 Å². The lowest BCUT2D eigenvalue weighted by atomic mass is 10.2. The summed E-state index contributed by atoms with van der Waals surface area (Å²) in [7, 11) is 0. The molecular weight excluding hydrogens is 299 g/mol. The van der Waals surface area contributed by atoms with E-state index in [4.69, 9.17) is 9.15 Å². The van der Waals surface area contributed by atoms with Crippen molar-refractivity contribution in [1.82, 2.24) is 10.3 Å². The van der Waals surface area contributed by atoms with Gasteiger partial charge in [-0.05, 0) is 25.5 Å². The summed E-state index contributed by atoms with van der Waals surface area (Å²) < 4.78 is 24.4. The zero-order chi connectivity index (χ0) is 16.5. The fourth-order valence-electron chi connectivity index (χ4n) is 2.07. The van der Waals surface area contributed by atoms with Gasteiger partial charge in [0.2, 0.25) is 5.91 Å². The number of carbonyl (C=O) groups is 1. The van der Waals surface area contributed by atoms with Crippen molar-refractivity contribution in [2.45, 2.75) is 26.2 Å². The molecule has 1 N–H and O–H groups in total. The lowest BCUT2D eigenvalue weighted by Gasteiger charge is -2.04. The van der Waals surface area contributed by atoms with E-state index in [2.05, 4.69) is 10.3 Å². The Bertz CT molecular complexity index is 628. The van der Waals surface area contributed by atoms with Crippen LogP contribution in [0.2, 0.25) is 0 Å². The summed E-state index contributed by atoms with van der Waals surface area (Å²) in [6.45, 7) is 3.85. The second-order valence-electron chi connectivity index (χ2n) is 5.00. The van der Waals surface area contributed by atoms with E-state index in [9.17, 15) is 9.18 Å². The van der Waals surface area contributed by atoms with E-state index in [0.717, 1.165) is 6.42 Å². The van der Waals surface area contributed by atoms with Crippen LogP contribution < -0.4 is 5.32 Å². The first kappa shape index (κ1) is 17.1. The van der Waals surface area contributed by atoms with Gasteiger partial charge in [-0.15, -0.1) is 0 Å². The van der Waals surface area contributed by atoms with Crippen LogP contribution in [0.4, 0.5) is 4.39 Å². The van der Waals surface area contributed by atoms with E-state index >= 15 is 0 Å². The topological polar surface area (TPSA) is 64.4 Å². The monoisotopic (exact) mass is 320 g/mol. The number of nitrogens with zero attached hydrogens (tertiary/aromatic N) is 1. The maximum absolute atomic E-state index is 13.7. The molecule has 6 heteroatoms. The largest absolute Gasteiger partial charge is 0.441 e. The number of carbonyl (C=O) groups excluding carboxylic acids is 1. The van der Waals surface area contributed by atoms with Gasteiger partial charge in [-0.1, -0.05) is 12.1 Å². The summed E-state index contributed by atoms with van der Waals surface area (Å²) in [6, 6.07) is 6.35. The fraction of sp³-hybridized carbons (Fsp3) is 0.412. The molecule has 2 rings (SSSR count). The first-order valence-corrected chi connectivity index (χ1v) is 7.74. The molecule has 0 atom stereocenters. The van der Waals surface area contributed by atoms with Crippen LogP contribution in [-0.2, 0) is 16.0 Å². The van der Waals surface area contributed by atoms with E-state index in [1.165, 1.54) is 12.3 Å². The first-order valence-electron chi connectivity index (χ1n) is 7.74. The van der Waals surface area contributed by atoms with Crippen LogP contribution in [0.15, 0.2) is 34.9 Å². The van der Waals surface area contributed by atoms with Crippen molar-refractivity contribution >= 4 is 5.91 Å². The molecular formula is C17H21FN2O3. The van der Waals surface area contributed by atoms with Crippen molar-refractivity contribution in [3.05, 3.63) is 42.2 Å². The smallest absolute Gasteiger partial charge is 0.220 e. The molecule has 0 aliphatic heterocycles. The van der Waals surface area contributed by atoms with Crippen LogP contribution >= 0.6 is 0 Å². The number of aromatic nitrogens is 1. The third-order valence-corrected chi connectivity index (χ3v) is 3.25. The Morgan fingerprint density at radius 3 is 3.00 bits per heavy atom. The highest BCUT2D eigenvalue weighted by molar-refractivity contribution is 5.76. The molecule has 1 aromatic carbocycles. The molecule has 0 saturated heterocycles. The number of rotatable bonds is 9. The molecule has 0 unspecified atom stereocenters. The van der Waals surface area contributed by atoms with Crippen LogP contribution in [0.1, 0.15) is 25.7 Å². The Morgan fingerprint density at radius 2 is 2.22 bits per heavy atom. The number of benzene rings is 1. The van der Waals surface area contributed by atoms with Crippen molar-refractivity contribution in [3.8, 4) is 11.3 Å². The SMILES string of the molecule is CCOCCCNC(=O)CCc1ncc(-c2ccccc2F)o1. The maximum Gasteiger partial charge on any atom is 0.220 e. The number of hydrogen-bond acceptors (Lipinski definition) is 4. The second-order valence-corrected chi connectivity index (χ2v) is 5.00. The van der Waals surface area contributed by atoms with Gasteiger partial charge in [0.25, 0.3) is 0 Å². The minimum absolute atomic E-state index is 0.0628. The Hall–Kier alpha value is -2.21. The molecule has 0 saturated carbocycles. The van der Waals surface area contributed by atoms with Crippen molar-refractivity contribution in [2.24, 2.45) is 0 Å². The van der Waals surface area contributed by atoms with Gasteiger partial charge in [0.15, 0.2) is 11.7 Å². The zero-order valence-corrected chi connectivity index (χ0v) is 13.2. The number of hydrogen-bond donors (Lipinski definition) is 1. The predicted molar refractivity (Wildman–Crippen MR) is 84.3 cm³/mol. The highest BCUT2D eigenvalue weighted by Gasteiger charge is 2.11. The molecule has 23 heavy (non-hydrogen) atoms. The molecule has 124 valence electrons. The average Bonchev–Trinajstić information content (AvgIpc) is 3.02. The van der Waals surface area contributed by atoms with Gasteiger partial charge in [0, 0.05) is 32.6 Å². The molecule has 0 radical (unpaired) electrons. The zero-order valence-electron chi connectivity index (χ0n) is 13.2. The maximum atomic E-state index is 13.7. The van der Waals surface area contributed by atoms with Gasteiger partial charge in [-0.2, -0.15) is 0 Å². The first-order chi connectivity index (χ1) is 11.2. The Labute approximate surface area is 134 Å². The van der Waals surface area contributed by atoms with Gasteiger partial charge in [0.1, 0.15) is 5.82 Å². The van der Waals surface area contributed by atoms with Crippen molar-refractivity contribution in [1.29, 1.82) is 0 Å². The number of halogens is 1. The summed E-state index contributed by atoms with van der Waals surface area (Å²) in [4.78, 5) is 15.8. The fourth-order valence-corrected chi connectivity index (χ4v) is 2.07. The summed E-state index contributed by atoms with van der Waals surface area (Å²) in [5.74, 6) is 0.373. The molecule has 0 aliphatic rings. The summed E-state index contributed by atoms with van der Waals surface area (Å²) >= 11 is 0. The summed E-state index contributed by atoms with van der Waals surface area (Å²) in [5, 5.41) is 2.81. The van der Waals surface area contributed by atoms with Gasteiger partial charge in [0.05, 0.1) is 11.8 Å². The molecule has 5 nitrogen and oxygen atoms in total. The van der Waals surface area contributed by atoms with Crippen molar-refractivity contribution < 1.29 is 18.3 Å². The molecule has 1 aromatic heterocycles. The molecule has 2 aromatic rings. The Kier molecular flexibility index (Phi) is 6.75. The van der Waals surface area contributed by atoms with Crippen LogP contribution in [0, 0.1) is 5.82 Å². The van der Waals surface area contributed by atoms with Crippen LogP contribution in [0.5, 0.6) is 0 Å². The minimum atomic E-state index is -0.359. The molecule has 0 fully saturated rings. The average molecular weight is 320 g/mol. The third kappa shape index (κ3) is 5.49. The van der Waals surface area contributed by atoms with Crippen LogP contribution in [-0.4, -0.2) is 30.6 Å². The van der Waals surface area contributed by atoms with E-state index in [1.807, 2.05) is 6.92 Å². The number of aryl methyl sites for hydroxylation is 1. The molecule has 0 bridgehead atoms. The lowest BCUT2D eigenvalue weighted by molar-refractivity contribution is -0.121. The second kappa shape index (κ2) is 9.05. The van der Waals surface area contributed by atoms with Gasteiger partial charge in [-0.25, -0.2) is 9.37 Å². The van der Waals surface area contributed by atoms with E-state index < -0.39 is 0 Å². The van der Waals surface area contributed by atoms with Gasteiger partial charge in [-0.3, -0.25) is 4.79 Å². The van der Waals surface area contributed by atoms with E-state index in [0.29, 0.717) is 43.4 Å². The number of ether oxygens (including phenoxy) is 1. The normalized spacial score (nSPS) is 10.7. The predicted octanol–water partition coefficient (Wildman–Crippen LogP) is 2.96. The molecule has 0 spiro atoms. The molecule has 1 amide bonds. The highest BCUT2D eigenvalue weighted by atomic mass is 19.1. The lowest BCUT2D eigenvalue weighted by Crippen LogP contribution is -2.25. The summed E-state index contributed by atoms with van der Waals surface area (Å²) in [5.41, 5.74) is 0.367. The van der Waals surface area contributed by atoms with Crippen LogP contribution in [0.3, 0.4) is 0 Å². The van der Waals surface area contributed by atoms with Gasteiger partial charge >= 0.3 is 0 Å². The van der Waals surface area contributed by atoms with Crippen molar-refractivity contribution in [3.63, 3.8) is 0 Å². The number of nitrogens with one attached hydrogen (secondary N) is 1.